The number of carbonyl (C=O) groups is 2. The van der Waals surface area contributed by atoms with E-state index in [1.807, 2.05) is 9.80 Å². The van der Waals surface area contributed by atoms with Crippen LogP contribution in [-0.4, -0.2) is 92.1 Å². The van der Waals surface area contributed by atoms with Crippen LogP contribution in [0.25, 0.3) is 0 Å². The number of nitrogens with one attached hydrogen (secondary N) is 1. The lowest BCUT2D eigenvalue weighted by Gasteiger charge is -2.36. The van der Waals surface area contributed by atoms with Gasteiger partial charge in [0.15, 0.2) is 0 Å². The number of carbonyl (C=O) groups excluding carboxylic acids is 2. The number of morpholine rings is 1. The molecule has 2 amide bonds. The maximum atomic E-state index is 12.4. The largest absolute Gasteiger partial charge is 0.379 e. The highest BCUT2D eigenvalue weighted by Gasteiger charge is 2.24. The zero-order chi connectivity index (χ0) is 19.2. The number of hydrogen-bond donors (Lipinski definition) is 1. The predicted octanol–water partition coefficient (Wildman–Crippen LogP) is 1.41. The number of anilines is 1. The third-order valence-electron chi connectivity index (χ3n) is 4.78. The van der Waals surface area contributed by atoms with Gasteiger partial charge in [-0.1, -0.05) is 29.3 Å². The molecule has 1 aromatic carbocycles. The van der Waals surface area contributed by atoms with Crippen molar-refractivity contribution in [3.05, 3.63) is 28.2 Å². The molecule has 0 spiro atoms. The second kappa shape index (κ2) is 9.71. The second-order valence-corrected chi connectivity index (χ2v) is 7.48. The van der Waals surface area contributed by atoms with Crippen LogP contribution in [0.4, 0.5) is 5.69 Å². The van der Waals surface area contributed by atoms with Crippen molar-refractivity contribution in [3.8, 4) is 0 Å². The summed E-state index contributed by atoms with van der Waals surface area (Å²) in [6, 6.07) is 5.13. The average molecular weight is 415 g/mol. The fraction of sp³-hybridized carbons (Fsp3) is 0.556. The van der Waals surface area contributed by atoms with Crippen LogP contribution in [0.15, 0.2) is 18.2 Å². The van der Waals surface area contributed by atoms with Crippen LogP contribution >= 0.6 is 23.2 Å². The number of halogens is 2. The van der Waals surface area contributed by atoms with Crippen molar-refractivity contribution in [2.24, 2.45) is 0 Å². The van der Waals surface area contributed by atoms with E-state index in [-0.39, 0.29) is 18.4 Å². The first-order valence-electron chi connectivity index (χ1n) is 9.07. The minimum absolute atomic E-state index is 0.145. The smallest absolute Gasteiger partial charge is 0.238 e. The second-order valence-electron chi connectivity index (χ2n) is 6.70. The van der Waals surface area contributed by atoms with E-state index in [0.717, 1.165) is 13.1 Å². The normalized spacial score (nSPS) is 19.1. The number of piperazine rings is 1. The summed E-state index contributed by atoms with van der Waals surface area (Å²) in [6.45, 7) is 6.29. The van der Waals surface area contributed by atoms with Crippen LogP contribution < -0.4 is 5.32 Å². The standard InChI is InChI=1S/C18H24Cl2N4O3/c19-14-2-1-3-15(18(14)20)21-16(25)12-22-4-6-24(7-5-22)17(26)13-23-8-10-27-11-9-23/h1-3H,4-13H2,(H,21,25). The summed E-state index contributed by atoms with van der Waals surface area (Å²) in [7, 11) is 0. The molecule has 1 aromatic rings. The monoisotopic (exact) mass is 414 g/mol. The molecule has 2 aliphatic heterocycles. The minimum Gasteiger partial charge on any atom is -0.379 e. The highest BCUT2D eigenvalue weighted by molar-refractivity contribution is 6.44. The van der Waals surface area contributed by atoms with E-state index in [4.69, 9.17) is 27.9 Å². The van der Waals surface area contributed by atoms with Gasteiger partial charge in [-0.3, -0.25) is 19.4 Å². The van der Waals surface area contributed by atoms with E-state index in [2.05, 4.69) is 10.2 Å². The van der Waals surface area contributed by atoms with E-state index in [9.17, 15) is 9.59 Å². The zero-order valence-electron chi connectivity index (χ0n) is 15.1. The summed E-state index contributed by atoms with van der Waals surface area (Å²) < 4.78 is 5.31. The molecule has 9 heteroatoms. The topological polar surface area (TPSA) is 65.1 Å². The molecular formula is C18H24Cl2N4O3. The SMILES string of the molecule is O=C(CN1CCN(C(=O)CN2CCOCC2)CC1)Nc1cccc(Cl)c1Cl. The number of benzene rings is 1. The zero-order valence-corrected chi connectivity index (χ0v) is 16.6. The quantitative estimate of drug-likeness (QED) is 0.788. The van der Waals surface area contributed by atoms with Crippen LogP contribution in [0.2, 0.25) is 10.0 Å². The van der Waals surface area contributed by atoms with Gasteiger partial charge in [0.05, 0.1) is 42.0 Å². The predicted molar refractivity (Wildman–Crippen MR) is 105 cm³/mol. The summed E-state index contributed by atoms with van der Waals surface area (Å²) in [5.74, 6) is -0.000953. The molecule has 0 unspecified atom stereocenters. The first-order valence-corrected chi connectivity index (χ1v) is 9.82. The fourth-order valence-corrected chi connectivity index (χ4v) is 3.55. The summed E-state index contributed by atoms with van der Waals surface area (Å²) in [4.78, 5) is 30.7. The Kier molecular flexibility index (Phi) is 7.32. The molecule has 2 fully saturated rings. The Morgan fingerprint density at radius 2 is 1.63 bits per heavy atom. The molecule has 2 saturated heterocycles. The van der Waals surface area contributed by atoms with Gasteiger partial charge in [0.2, 0.25) is 11.8 Å². The Morgan fingerprint density at radius 3 is 2.33 bits per heavy atom. The van der Waals surface area contributed by atoms with Crippen molar-refractivity contribution in [2.45, 2.75) is 0 Å². The maximum Gasteiger partial charge on any atom is 0.238 e. The van der Waals surface area contributed by atoms with Gasteiger partial charge in [-0.15, -0.1) is 0 Å². The van der Waals surface area contributed by atoms with E-state index < -0.39 is 0 Å². The minimum atomic E-state index is -0.146. The van der Waals surface area contributed by atoms with Crippen LogP contribution in [0.5, 0.6) is 0 Å². The van der Waals surface area contributed by atoms with Crippen LogP contribution in [-0.2, 0) is 14.3 Å². The van der Waals surface area contributed by atoms with Gasteiger partial charge in [0, 0.05) is 39.3 Å². The van der Waals surface area contributed by atoms with Crippen molar-refractivity contribution in [1.82, 2.24) is 14.7 Å². The first-order chi connectivity index (χ1) is 13.0. The number of hydrogen-bond acceptors (Lipinski definition) is 5. The van der Waals surface area contributed by atoms with Crippen molar-refractivity contribution < 1.29 is 14.3 Å². The molecule has 27 heavy (non-hydrogen) atoms. The van der Waals surface area contributed by atoms with Gasteiger partial charge in [-0.2, -0.15) is 0 Å². The average Bonchev–Trinajstić information content (AvgIpc) is 2.67. The van der Waals surface area contributed by atoms with Gasteiger partial charge < -0.3 is 15.0 Å². The Balaban J connectivity index is 1.41. The summed E-state index contributed by atoms with van der Waals surface area (Å²) in [5, 5.41) is 3.53. The number of rotatable bonds is 5. The molecular weight excluding hydrogens is 391 g/mol. The fourth-order valence-electron chi connectivity index (χ4n) is 3.20. The molecule has 2 aliphatic rings. The third kappa shape index (κ3) is 5.80. The molecule has 0 saturated carbocycles. The van der Waals surface area contributed by atoms with E-state index in [0.29, 0.717) is 61.7 Å². The van der Waals surface area contributed by atoms with Crippen molar-refractivity contribution in [1.29, 1.82) is 0 Å². The summed E-state index contributed by atoms with van der Waals surface area (Å²) in [5.41, 5.74) is 0.508. The lowest BCUT2D eigenvalue weighted by atomic mass is 10.2. The first kappa shape index (κ1) is 20.4. The number of ether oxygens (including phenoxy) is 1. The lowest BCUT2D eigenvalue weighted by molar-refractivity contribution is -0.135. The van der Waals surface area contributed by atoms with Crippen LogP contribution in [0.1, 0.15) is 0 Å². The van der Waals surface area contributed by atoms with E-state index >= 15 is 0 Å². The summed E-state index contributed by atoms with van der Waals surface area (Å²) in [6.07, 6.45) is 0. The van der Waals surface area contributed by atoms with Crippen molar-refractivity contribution in [3.63, 3.8) is 0 Å². The van der Waals surface area contributed by atoms with Crippen LogP contribution in [0, 0.1) is 0 Å². The van der Waals surface area contributed by atoms with Gasteiger partial charge >= 0.3 is 0 Å². The molecule has 0 radical (unpaired) electrons. The highest BCUT2D eigenvalue weighted by Crippen LogP contribution is 2.29. The van der Waals surface area contributed by atoms with Gasteiger partial charge in [0.1, 0.15) is 0 Å². The third-order valence-corrected chi connectivity index (χ3v) is 5.60. The van der Waals surface area contributed by atoms with Gasteiger partial charge in [-0.05, 0) is 12.1 Å². The molecule has 0 aliphatic carbocycles. The molecule has 3 rings (SSSR count). The number of amides is 2. The lowest BCUT2D eigenvalue weighted by Crippen LogP contribution is -2.53. The Hall–Kier alpha value is -1.38. The van der Waals surface area contributed by atoms with Crippen molar-refractivity contribution >= 4 is 40.7 Å². The molecule has 2 heterocycles. The van der Waals surface area contributed by atoms with Gasteiger partial charge in [-0.25, -0.2) is 0 Å². The molecule has 148 valence electrons. The molecule has 0 atom stereocenters. The van der Waals surface area contributed by atoms with Crippen molar-refractivity contribution in [2.75, 3.05) is 70.9 Å². The van der Waals surface area contributed by atoms with E-state index in [1.54, 1.807) is 18.2 Å². The maximum absolute atomic E-state index is 12.4. The molecule has 1 N–H and O–H groups in total. The van der Waals surface area contributed by atoms with Crippen LogP contribution in [0.3, 0.4) is 0 Å². The highest BCUT2D eigenvalue weighted by atomic mass is 35.5. The molecule has 7 nitrogen and oxygen atoms in total. The Labute approximate surface area is 169 Å². The Morgan fingerprint density at radius 1 is 0.963 bits per heavy atom. The van der Waals surface area contributed by atoms with E-state index in [1.165, 1.54) is 0 Å². The number of nitrogens with zero attached hydrogens (tertiary/aromatic N) is 3. The van der Waals surface area contributed by atoms with Gasteiger partial charge in [0.25, 0.3) is 0 Å². The summed E-state index contributed by atoms with van der Waals surface area (Å²) >= 11 is 12.1. The molecule has 0 bridgehead atoms. The molecule has 0 aromatic heterocycles. The Bertz CT molecular complexity index is 675.